The molecule has 0 aliphatic heterocycles. The van der Waals surface area contributed by atoms with Crippen molar-refractivity contribution < 1.29 is 4.79 Å². The highest BCUT2D eigenvalue weighted by Crippen LogP contribution is 2.05. The molecule has 0 aliphatic rings. The number of amides is 1. The van der Waals surface area contributed by atoms with Gasteiger partial charge < -0.3 is 10.6 Å². The number of hydrogen-bond acceptors (Lipinski definition) is 2. The molecule has 88 valence electrons. The van der Waals surface area contributed by atoms with Gasteiger partial charge >= 0.3 is 0 Å². The normalized spacial score (nSPS) is 10.1. The highest BCUT2D eigenvalue weighted by atomic mass is 16.1. The first-order valence-electron chi connectivity index (χ1n) is 5.76. The van der Waals surface area contributed by atoms with Gasteiger partial charge in [-0.05, 0) is 25.0 Å². The molecule has 1 aromatic carbocycles. The van der Waals surface area contributed by atoms with Gasteiger partial charge in [-0.2, -0.15) is 0 Å². The zero-order valence-electron chi connectivity index (χ0n) is 10.0. The number of benzene rings is 1. The fourth-order valence-electron chi connectivity index (χ4n) is 1.52. The molecule has 16 heavy (non-hydrogen) atoms. The van der Waals surface area contributed by atoms with Crippen LogP contribution in [0.5, 0.6) is 0 Å². The first-order valence-corrected chi connectivity index (χ1v) is 5.76. The summed E-state index contributed by atoms with van der Waals surface area (Å²) in [5.41, 5.74) is 2.58. The van der Waals surface area contributed by atoms with Crippen molar-refractivity contribution in [2.75, 3.05) is 13.1 Å². The number of nitrogens with one attached hydrogen (secondary N) is 2. The Bertz CT molecular complexity index is 336. The third-order valence-electron chi connectivity index (χ3n) is 2.48. The van der Waals surface area contributed by atoms with Gasteiger partial charge in [0.2, 0.25) is 5.91 Å². The standard InChI is InChI=1S/C13H20N2O/c1-3-15-13(16)8-9-14-10-12-7-5-4-6-11(12)2/h4-7,14H,3,8-10H2,1-2H3,(H,15,16). The molecule has 0 atom stereocenters. The van der Waals surface area contributed by atoms with Gasteiger partial charge in [0.15, 0.2) is 0 Å². The monoisotopic (exact) mass is 220 g/mol. The van der Waals surface area contributed by atoms with Crippen LogP contribution < -0.4 is 10.6 Å². The summed E-state index contributed by atoms with van der Waals surface area (Å²) in [4.78, 5) is 11.2. The molecular weight excluding hydrogens is 200 g/mol. The fourth-order valence-corrected chi connectivity index (χ4v) is 1.52. The Morgan fingerprint density at radius 1 is 1.31 bits per heavy atom. The van der Waals surface area contributed by atoms with Gasteiger partial charge in [0.25, 0.3) is 0 Å². The second-order valence-electron chi connectivity index (χ2n) is 3.81. The van der Waals surface area contributed by atoms with Gasteiger partial charge in [-0.3, -0.25) is 4.79 Å². The highest BCUT2D eigenvalue weighted by molar-refractivity contribution is 5.75. The van der Waals surface area contributed by atoms with Crippen molar-refractivity contribution in [3.8, 4) is 0 Å². The molecule has 0 aliphatic carbocycles. The van der Waals surface area contributed by atoms with E-state index in [0.29, 0.717) is 13.0 Å². The molecule has 0 radical (unpaired) electrons. The predicted octanol–water partition coefficient (Wildman–Crippen LogP) is 1.61. The number of hydrogen-bond donors (Lipinski definition) is 2. The Hall–Kier alpha value is -1.35. The Morgan fingerprint density at radius 2 is 2.06 bits per heavy atom. The quantitative estimate of drug-likeness (QED) is 0.715. The van der Waals surface area contributed by atoms with Crippen LogP contribution in [0, 0.1) is 6.92 Å². The Morgan fingerprint density at radius 3 is 2.75 bits per heavy atom. The number of carbonyl (C=O) groups excluding carboxylic acids is 1. The summed E-state index contributed by atoms with van der Waals surface area (Å²) in [5.74, 6) is 0.111. The van der Waals surface area contributed by atoms with E-state index in [2.05, 4.69) is 29.7 Å². The topological polar surface area (TPSA) is 41.1 Å². The fraction of sp³-hybridized carbons (Fsp3) is 0.462. The maximum absolute atomic E-state index is 11.2. The smallest absolute Gasteiger partial charge is 0.221 e. The molecule has 1 aromatic rings. The minimum absolute atomic E-state index is 0.111. The summed E-state index contributed by atoms with van der Waals surface area (Å²) in [6, 6.07) is 8.27. The summed E-state index contributed by atoms with van der Waals surface area (Å²) in [6.07, 6.45) is 0.541. The lowest BCUT2D eigenvalue weighted by molar-refractivity contribution is -0.120. The van der Waals surface area contributed by atoms with Crippen LogP contribution in [-0.4, -0.2) is 19.0 Å². The molecule has 0 heterocycles. The largest absolute Gasteiger partial charge is 0.356 e. The van der Waals surface area contributed by atoms with Gasteiger partial charge in [0.05, 0.1) is 0 Å². The zero-order chi connectivity index (χ0) is 11.8. The van der Waals surface area contributed by atoms with Crippen LogP contribution in [0.2, 0.25) is 0 Å². The average Bonchev–Trinajstić information content (AvgIpc) is 2.27. The Kier molecular flexibility index (Phi) is 5.57. The van der Waals surface area contributed by atoms with Crippen LogP contribution in [-0.2, 0) is 11.3 Å². The molecule has 0 saturated heterocycles. The maximum atomic E-state index is 11.2. The first kappa shape index (κ1) is 12.7. The van der Waals surface area contributed by atoms with E-state index in [-0.39, 0.29) is 5.91 Å². The van der Waals surface area contributed by atoms with E-state index < -0.39 is 0 Å². The van der Waals surface area contributed by atoms with Gasteiger partial charge in [0, 0.05) is 26.1 Å². The van der Waals surface area contributed by atoms with Crippen molar-refractivity contribution >= 4 is 5.91 Å². The molecule has 3 nitrogen and oxygen atoms in total. The first-order chi connectivity index (χ1) is 7.74. The summed E-state index contributed by atoms with van der Waals surface area (Å²) >= 11 is 0. The molecule has 1 amide bonds. The van der Waals surface area contributed by atoms with Crippen LogP contribution in [0.3, 0.4) is 0 Å². The zero-order valence-corrected chi connectivity index (χ0v) is 10.0. The van der Waals surface area contributed by atoms with Gasteiger partial charge in [-0.1, -0.05) is 24.3 Å². The lowest BCUT2D eigenvalue weighted by atomic mass is 10.1. The van der Waals surface area contributed by atoms with E-state index in [1.54, 1.807) is 0 Å². The lowest BCUT2D eigenvalue weighted by Crippen LogP contribution is -2.27. The summed E-state index contributed by atoms with van der Waals surface area (Å²) in [5, 5.41) is 6.05. The van der Waals surface area contributed by atoms with E-state index in [0.717, 1.165) is 13.1 Å². The highest BCUT2D eigenvalue weighted by Gasteiger charge is 1.99. The Labute approximate surface area is 97.2 Å². The SMILES string of the molecule is CCNC(=O)CCNCc1ccccc1C. The molecule has 0 fully saturated rings. The molecule has 0 aromatic heterocycles. The molecule has 3 heteroatoms. The molecule has 0 unspecified atom stereocenters. The second-order valence-corrected chi connectivity index (χ2v) is 3.81. The van der Waals surface area contributed by atoms with Gasteiger partial charge in [-0.15, -0.1) is 0 Å². The van der Waals surface area contributed by atoms with Crippen molar-refractivity contribution in [1.82, 2.24) is 10.6 Å². The van der Waals surface area contributed by atoms with Crippen molar-refractivity contribution in [2.45, 2.75) is 26.8 Å². The molecule has 1 rings (SSSR count). The maximum Gasteiger partial charge on any atom is 0.221 e. The third kappa shape index (κ3) is 4.45. The lowest BCUT2D eigenvalue weighted by Gasteiger charge is -2.07. The van der Waals surface area contributed by atoms with Crippen LogP contribution in [0.25, 0.3) is 0 Å². The molecule has 0 bridgehead atoms. The van der Waals surface area contributed by atoms with E-state index in [1.165, 1.54) is 11.1 Å². The predicted molar refractivity (Wildman–Crippen MR) is 66.2 cm³/mol. The van der Waals surface area contributed by atoms with Crippen LogP contribution in [0.1, 0.15) is 24.5 Å². The van der Waals surface area contributed by atoms with E-state index >= 15 is 0 Å². The minimum Gasteiger partial charge on any atom is -0.356 e. The van der Waals surface area contributed by atoms with Crippen LogP contribution >= 0.6 is 0 Å². The van der Waals surface area contributed by atoms with Crippen molar-refractivity contribution in [3.63, 3.8) is 0 Å². The molecule has 2 N–H and O–H groups in total. The van der Waals surface area contributed by atoms with Crippen LogP contribution in [0.15, 0.2) is 24.3 Å². The molecule has 0 saturated carbocycles. The van der Waals surface area contributed by atoms with E-state index in [1.807, 2.05) is 19.1 Å². The summed E-state index contributed by atoms with van der Waals surface area (Å²) < 4.78 is 0. The van der Waals surface area contributed by atoms with Crippen LogP contribution in [0.4, 0.5) is 0 Å². The van der Waals surface area contributed by atoms with Crippen molar-refractivity contribution in [1.29, 1.82) is 0 Å². The average molecular weight is 220 g/mol. The van der Waals surface area contributed by atoms with E-state index in [4.69, 9.17) is 0 Å². The second kappa shape index (κ2) is 7.01. The van der Waals surface area contributed by atoms with Gasteiger partial charge in [-0.25, -0.2) is 0 Å². The summed E-state index contributed by atoms with van der Waals surface area (Å²) in [7, 11) is 0. The third-order valence-corrected chi connectivity index (χ3v) is 2.48. The van der Waals surface area contributed by atoms with Gasteiger partial charge in [0.1, 0.15) is 0 Å². The summed E-state index contributed by atoms with van der Waals surface area (Å²) in [6.45, 7) is 6.28. The van der Waals surface area contributed by atoms with Crippen molar-refractivity contribution in [2.24, 2.45) is 0 Å². The Balaban J connectivity index is 2.21. The van der Waals surface area contributed by atoms with Crippen molar-refractivity contribution in [3.05, 3.63) is 35.4 Å². The number of rotatable bonds is 6. The molecular formula is C13H20N2O. The van der Waals surface area contributed by atoms with E-state index in [9.17, 15) is 4.79 Å². The minimum atomic E-state index is 0.111. The number of carbonyl (C=O) groups is 1. The molecule has 0 spiro atoms. The number of aryl methyl sites for hydroxylation is 1.